The van der Waals surface area contributed by atoms with Crippen molar-refractivity contribution in [1.82, 2.24) is 15.0 Å². The summed E-state index contributed by atoms with van der Waals surface area (Å²) >= 11 is 0. The molecule has 0 aliphatic rings. The van der Waals surface area contributed by atoms with Crippen molar-refractivity contribution in [3.05, 3.63) is 66.7 Å². The Bertz CT molecular complexity index is 1120. The first-order valence-electron chi connectivity index (χ1n) is 8.48. The molecule has 134 valence electrons. The van der Waals surface area contributed by atoms with Crippen molar-refractivity contribution >= 4 is 22.5 Å². The molecule has 0 saturated carbocycles. The van der Waals surface area contributed by atoms with E-state index in [1.165, 1.54) is 18.5 Å². The number of rotatable bonds is 3. The second kappa shape index (κ2) is 6.64. The number of aromatic nitrogens is 3. The molecule has 0 atom stereocenters. The predicted molar refractivity (Wildman–Crippen MR) is 107 cm³/mol. The van der Waals surface area contributed by atoms with Crippen LogP contribution in [-0.2, 0) is 0 Å². The van der Waals surface area contributed by atoms with Crippen LogP contribution in [-0.4, -0.2) is 29.0 Å². The molecular weight excluding hydrogens is 341 g/mol. The summed E-state index contributed by atoms with van der Waals surface area (Å²) in [6.07, 6.45) is 1.39. The van der Waals surface area contributed by atoms with Crippen LogP contribution in [0, 0.1) is 5.82 Å². The fourth-order valence-electron chi connectivity index (χ4n) is 3.02. The van der Waals surface area contributed by atoms with E-state index in [0.717, 1.165) is 28.1 Å². The van der Waals surface area contributed by atoms with Crippen LogP contribution in [0.4, 0.5) is 15.9 Å². The summed E-state index contributed by atoms with van der Waals surface area (Å²) in [5, 5.41) is 0.644. The topological polar surface area (TPSA) is 67.9 Å². The highest BCUT2D eigenvalue weighted by Crippen LogP contribution is 2.34. The smallest absolute Gasteiger partial charge is 0.165 e. The van der Waals surface area contributed by atoms with Crippen molar-refractivity contribution < 1.29 is 4.39 Å². The lowest BCUT2D eigenvalue weighted by atomic mass is 9.98. The van der Waals surface area contributed by atoms with Crippen LogP contribution >= 0.6 is 0 Å². The largest absolute Gasteiger partial charge is 0.383 e. The Kier molecular flexibility index (Phi) is 4.16. The number of anilines is 2. The predicted octanol–water partition coefficient (Wildman–Crippen LogP) is 4.15. The highest BCUT2D eigenvalue weighted by molar-refractivity contribution is 5.94. The summed E-state index contributed by atoms with van der Waals surface area (Å²) in [5.41, 5.74) is 10.7. The number of nitrogens with zero attached hydrogens (tertiary/aromatic N) is 4. The van der Waals surface area contributed by atoms with Gasteiger partial charge < -0.3 is 10.6 Å². The van der Waals surface area contributed by atoms with Crippen molar-refractivity contribution in [2.75, 3.05) is 24.7 Å². The van der Waals surface area contributed by atoms with Gasteiger partial charge in [0.2, 0.25) is 0 Å². The summed E-state index contributed by atoms with van der Waals surface area (Å²) < 4.78 is 13.8. The lowest BCUT2D eigenvalue weighted by Gasteiger charge is -2.15. The van der Waals surface area contributed by atoms with Crippen LogP contribution in [0.15, 0.2) is 60.9 Å². The molecule has 0 unspecified atom stereocenters. The van der Waals surface area contributed by atoms with Crippen molar-refractivity contribution in [3.8, 4) is 22.4 Å². The minimum Gasteiger partial charge on any atom is -0.383 e. The molecule has 5 nitrogen and oxygen atoms in total. The number of hydrogen-bond donors (Lipinski definition) is 1. The van der Waals surface area contributed by atoms with E-state index in [9.17, 15) is 4.39 Å². The highest BCUT2D eigenvalue weighted by atomic mass is 19.1. The summed E-state index contributed by atoms with van der Waals surface area (Å²) in [6, 6.07) is 16.3. The molecule has 4 aromatic rings. The first-order chi connectivity index (χ1) is 13.0. The monoisotopic (exact) mass is 359 g/mol. The van der Waals surface area contributed by atoms with Gasteiger partial charge in [0.25, 0.3) is 0 Å². The van der Waals surface area contributed by atoms with Crippen molar-refractivity contribution in [3.63, 3.8) is 0 Å². The van der Waals surface area contributed by atoms with Gasteiger partial charge in [0.15, 0.2) is 5.65 Å². The third kappa shape index (κ3) is 3.17. The lowest BCUT2D eigenvalue weighted by molar-refractivity contribution is 0.628. The van der Waals surface area contributed by atoms with Gasteiger partial charge in [0.05, 0.1) is 11.1 Å². The Labute approximate surface area is 156 Å². The zero-order valence-corrected chi connectivity index (χ0v) is 15.0. The molecule has 0 radical (unpaired) electrons. The fraction of sp³-hybridized carbons (Fsp3) is 0.0952. The van der Waals surface area contributed by atoms with Gasteiger partial charge in [-0.05, 0) is 35.9 Å². The maximum Gasteiger partial charge on any atom is 0.165 e. The van der Waals surface area contributed by atoms with E-state index in [-0.39, 0.29) is 5.82 Å². The number of nitrogens with two attached hydrogens (primary N) is 1. The van der Waals surface area contributed by atoms with Crippen molar-refractivity contribution in [1.29, 1.82) is 0 Å². The Morgan fingerprint density at radius 2 is 1.70 bits per heavy atom. The van der Waals surface area contributed by atoms with Gasteiger partial charge in [-0.1, -0.05) is 24.3 Å². The summed E-state index contributed by atoms with van der Waals surface area (Å²) in [4.78, 5) is 15.0. The first kappa shape index (κ1) is 16.9. The average Bonchev–Trinajstić information content (AvgIpc) is 2.67. The third-order valence-electron chi connectivity index (χ3n) is 4.45. The van der Waals surface area contributed by atoms with Crippen LogP contribution < -0.4 is 10.6 Å². The molecule has 2 aromatic heterocycles. The Hall–Kier alpha value is -3.54. The minimum atomic E-state index is -0.307. The SMILES string of the molecule is CN(C)c1ccc(-c2nc3ncnc(N)c3cc2-c2cccc(F)c2)cc1. The molecule has 6 heteroatoms. The molecule has 0 aliphatic carbocycles. The van der Waals surface area contributed by atoms with Gasteiger partial charge in [-0.15, -0.1) is 0 Å². The van der Waals surface area contributed by atoms with Gasteiger partial charge >= 0.3 is 0 Å². The fourth-order valence-corrected chi connectivity index (χ4v) is 3.02. The van der Waals surface area contributed by atoms with E-state index in [2.05, 4.69) is 9.97 Å². The average molecular weight is 359 g/mol. The number of fused-ring (bicyclic) bond motifs is 1. The molecule has 0 spiro atoms. The van der Waals surface area contributed by atoms with Gasteiger partial charge in [0, 0.05) is 30.9 Å². The minimum absolute atomic E-state index is 0.307. The highest BCUT2D eigenvalue weighted by Gasteiger charge is 2.14. The number of pyridine rings is 1. The molecule has 27 heavy (non-hydrogen) atoms. The van der Waals surface area contributed by atoms with Gasteiger partial charge in [0.1, 0.15) is 18.0 Å². The number of benzene rings is 2. The van der Waals surface area contributed by atoms with Crippen LogP contribution in [0.2, 0.25) is 0 Å². The standard InChI is InChI=1S/C21H18FN5/c1-27(2)16-8-6-13(7-9-16)19-17(14-4-3-5-15(22)10-14)11-18-20(23)24-12-25-21(18)26-19/h3-12H,1-2H3,(H2,23,24,25,26). The Morgan fingerprint density at radius 1 is 0.926 bits per heavy atom. The van der Waals surface area contributed by atoms with Gasteiger partial charge in [-0.2, -0.15) is 0 Å². The maximum atomic E-state index is 13.8. The third-order valence-corrected chi connectivity index (χ3v) is 4.45. The number of hydrogen-bond acceptors (Lipinski definition) is 5. The molecular formula is C21H18FN5. The Balaban J connectivity index is 1.98. The van der Waals surface area contributed by atoms with E-state index in [1.807, 2.05) is 55.4 Å². The molecule has 4 rings (SSSR count). The van der Waals surface area contributed by atoms with Crippen LogP contribution in [0.25, 0.3) is 33.4 Å². The second-order valence-electron chi connectivity index (χ2n) is 6.47. The van der Waals surface area contributed by atoms with Crippen LogP contribution in [0.1, 0.15) is 0 Å². The van der Waals surface area contributed by atoms with Crippen molar-refractivity contribution in [2.24, 2.45) is 0 Å². The van der Waals surface area contributed by atoms with E-state index in [0.29, 0.717) is 16.9 Å². The normalized spacial score (nSPS) is 10.9. The van der Waals surface area contributed by atoms with E-state index >= 15 is 0 Å². The quantitative estimate of drug-likeness (QED) is 0.595. The van der Waals surface area contributed by atoms with Crippen LogP contribution in [0.3, 0.4) is 0 Å². The molecule has 0 saturated heterocycles. The Morgan fingerprint density at radius 3 is 2.41 bits per heavy atom. The van der Waals surface area contributed by atoms with Crippen molar-refractivity contribution in [2.45, 2.75) is 0 Å². The summed E-state index contributed by atoms with van der Waals surface area (Å²) in [5.74, 6) is 0.0402. The number of halogens is 1. The number of nitrogen functional groups attached to an aromatic ring is 1. The molecule has 2 heterocycles. The van der Waals surface area contributed by atoms with Gasteiger partial charge in [-0.3, -0.25) is 0 Å². The molecule has 0 fully saturated rings. The zero-order chi connectivity index (χ0) is 19.0. The molecule has 2 aromatic carbocycles. The molecule has 0 bridgehead atoms. The molecule has 0 aliphatic heterocycles. The lowest BCUT2D eigenvalue weighted by Crippen LogP contribution is -2.08. The second-order valence-corrected chi connectivity index (χ2v) is 6.47. The van der Waals surface area contributed by atoms with E-state index in [4.69, 9.17) is 10.7 Å². The van der Waals surface area contributed by atoms with E-state index < -0.39 is 0 Å². The molecule has 2 N–H and O–H groups in total. The maximum absolute atomic E-state index is 13.8. The molecule has 0 amide bonds. The summed E-state index contributed by atoms with van der Waals surface area (Å²) in [7, 11) is 3.97. The van der Waals surface area contributed by atoms with E-state index in [1.54, 1.807) is 6.07 Å². The van der Waals surface area contributed by atoms with Crippen LogP contribution in [0.5, 0.6) is 0 Å². The van der Waals surface area contributed by atoms with Gasteiger partial charge in [-0.25, -0.2) is 19.3 Å². The zero-order valence-electron chi connectivity index (χ0n) is 15.0. The summed E-state index contributed by atoms with van der Waals surface area (Å²) in [6.45, 7) is 0. The first-order valence-corrected chi connectivity index (χ1v) is 8.48.